The summed E-state index contributed by atoms with van der Waals surface area (Å²) < 4.78 is 31.8. The van der Waals surface area contributed by atoms with Gasteiger partial charge in [0.2, 0.25) is 0 Å². The van der Waals surface area contributed by atoms with E-state index in [9.17, 15) is 4.39 Å². The van der Waals surface area contributed by atoms with E-state index < -0.39 is 5.82 Å². The molecule has 29 heavy (non-hydrogen) atoms. The van der Waals surface area contributed by atoms with Gasteiger partial charge in [-0.1, -0.05) is 0 Å². The number of halogens is 1. The van der Waals surface area contributed by atoms with Gasteiger partial charge in [0, 0.05) is 35.7 Å². The Bertz CT molecular complexity index is 1180. The van der Waals surface area contributed by atoms with Crippen molar-refractivity contribution < 1.29 is 23.7 Å². The van der Waals surface area contributed by atoms with Crippen LogP contribution in [0.25, 0.3) is 21.8 Å². The van der Waals surface area contributed by atoms with Crippen molar-refractivity contribution in [2.45, 2.75) is 13.3 Å². The van der Waals surface area contributed by atoms with Gasteiger partial charge < -0.3 is 24.3 Å². The van der Waals surface area contributed by atoms with Crippen molar-refractivity contribution in [3.8, 4) is 23.0 Å². The summed E-state index contributed by atoms with van der Waals surface area (Å²) in [5.41, 5.74) is 2.09. The number of aliphatic hydroxyl groups excluding tert-OH is 1. The number of hydrogen-bond acceptors (Lipinski definition) is 6. The molecule has 0 aliphatic heterocycles. The SMILES string of the molecule is COc1cc2c(Oc3ccc4[nH]c(C)cc4c3F)cnnc2cc1OCCCO. The van der Waals surface area contributed by atoms with Crippen LogP contribution < -0.4 is 14.2 Å². The lowest BCUT2D eigenvalue weighted by atomic mass is 10.2. The molecule has 0 atom stereocenters. The second-order valence-corrected chi connectivity index (χ2v) is 6.55. The zero-order chi connectivity index (χ0) is 20.4. The third kappa shape index (κ3) is 3.66. The molecular weight excluding hydrogens is 377 g/mol. The lowest BCUT2D eigenvalue weighted by Crippen LogP contribution is -2.02. The van der Waals surface area contributed by atoms with E-state index in [1.54, 1.807) is 30.3 Å². The number of aromatic nitrogens is 3. The minimum Gasteiger partial charge on any atom is -0.493 e. The van der Waals surface area contributed by atoms with E-state index in [-0.39, 0.29) is 12.4 Å². The molecule has 0 saturated heterocycles. The first kappa shape index (κ1) is 18.9. The molecule has 2 heterocycles. The van der Waals surface area contributed by atoms with Crippen LogP contribution in [0.3, 0.4) is 0 Å². The van der Waals surface area contributed by atoms with Crippen LogP contribution in [0.5, 0.6) is 23.0 Å². The van der Waals surface area contributed by atoms with E-state index in [2.05, 4.69) is 15.2 Å². The van der Waals surface area contributed by atoms with Crippen LogP contribution in [-0.4, -0.2) is 40.6 Å². The number of aromatic amines is 1. The van der Waals surface area contributed by atoms with E-state index in [0.29, 0.717) is 52.1 Å². The summed E-state index contributed by atoms with van der Waals surface area (Å²) in [7, 11) is 1.52. The Morgan fingerprint density at radius 3 is 2.72 bits per heavy atom. The second kappa shape index (κ2) is 7.92. The van der Waals surface area contributed by atoms with Crippen molar-refractivity contribution >= 4 is 21.8 Å². The number of H-pyrrole nitrogens is 1. The molecule has 0 amide bonds. The number of rotatable bonds is 7. The minimum atomic E-state index is -0.451. The molecule has 2 N–H and O–H groups in total. The maximum Gasteiger partial charge on any atom is 0.175 e. The molecule has 0 bridgehead atoms. The highest BCUT2D eigenvalue weighted by Gasteiger charge is 2.16. The highest BCUT2D eigenvalue weighted by atomic mass is 19.1. The molecule has 8 heteroatoms. The predicted octanol–water partition coefficient (Wildman–Crippen LogP) is 4.12. The Hall–Kier alpha value is -3.39. The fourth-order valence-corrected chi connectivity index (χ4v) is 3.13. The zero-order valence-corrected chi connectivity index (χ0v) is 16.0. The molecular formula is C21H20FN3O4. The molecule has 0 saturated carbocycles. The standard InChI is InChI=1S/C21H20FN3O4/c1-12-8-14-15(24-12)4-5-17(21(14)22)29-20-11-23-25-16-10-19(28-7-3-6-26)18(27-2)9-13(16)20/h4-5,8-11,24,26H,3,6-7H2,1-2H3. The summed E-state index contributed by atoms with van der Waals surface area (Å²) in [6.45, 7) is 2.24. The van der Waals surface area contributed by atoms with Gasteiger partial charge in [0.1, 0.15) is 5.52 Å². The van der Waals surface area contributed by atoms with Crippen LogP contribution in [0.2, 0.25) is 0 Å². The molecule has 2 aromatic carbocycles. The number of benzene rings is 2. The van der Waals surface area contributed by atoms with Gasteiger partial charge in [0.25, 0.3) is 0 Å². The van der Waals surface area contributed by atoms with Gasteiger partial charge >= 0.3 is 0 Å². The molecule has 4 aromatic rings. The summed E-state index contributed by atoms with van der Waals surface area (Å²) in [5.74, 6) is 0.947. The third-order valence-corrected chi connectivity index (χ3v) is 4.50. The van der Waals surface area contributed by atoms with Crippen LogP contribution in [0.1, 0.15) is 12.1 Å². The number of fused-ring (bicyclic) bond motifs is 2. The molecule has 0 aliphatic carbocycles. The number of nitrogens with zero attached hydrogens (tertiary/aromatic N) is 2. The van der Waals surface area contributed by atoms with Crippen molar-refractivity contribution in [2.24, 2.45) is 0 Å². The summed E-state index contributed by atoms with van der Waals surface area (Å²) in [4.78, 5) is 3.10. The molecule has 2 aromatic heterocycles. The van der Waals surface area contributed by atoms with Gasteiger partial charge in [-0.3, -0.25) is 0 Å². The topological polar surface area (TPSA) is 89.5 Å². The Labute approximate surface area is 166 Å². The Morgan fingerprint density at radius 1 is 1.07 bits per heavy atom. The second-order valence-electron chi connectivity index (χ2n) is 6.55. The van der Waals surface area contributed by atoms with Gasteiger partial charge in [-0.15, -0.1) is 0 Å². The Kier molecular flexibility index (Phi) is 5.18. The summed E-state index contributed by atoms with van der Waals surface area (Å²) in [6, 6.07) is 8.47. The number of aryl methyl sites for hydroxylation is 1. The van der Waals surface area contributed by atoms with E-state index in [0.717, 1.165) is 5.69 Å². The van der Waals surface area contributed by atoms with Crippen molar-refractivity contribution in [1.82, 2.24) is 15.2 Å². The lowest BCUT2D eigenvalue weighted by molar-refractivity contribution is 0.228. The monoisotopic (exact) mass is 397 g/mol. The Balaban J connectivity index is 1.73. The maximum absolute atomic E-state index is 14.9. The summed E-state index contributed by atoms with van der Waals surface area (Å²) >= 11 is 0. The van der Waals surface area contributed by atoms with Gasteiger partial charge in [-0.2, -0.15) is 10.2 Å². The van der Waals surface area contributed by atoms with Gasteiger partial charge in [-0.05, 0) is 31.2 Å². The van der Waals surface area contributed by atoms with E-state index >= 15 is 0 Å². The first-order valence-electron chi connectivity index (χ1n) is 9.13. The fraction of sp³-hybridized carbons (Fsp3) is 0.238. The maximum atomic E-state index is 14.9. The van der Waals surface area contributed by atoms with Crippen LogP contribution >= 0.6 is 0 Å². The number of hydrogen-bond donors (Lipinski definition) is 2. The average Bonchev–Trinajstić information content (AvgIpc) is 3.11. The average molecular weight is 397 g/mol. The van der Waals surface area contributed by atoms with Crippen molar-refractivity contribution in [2.75, 3.05) is 20.3 Å². The van der Waals surface area contributed by atoms with Gasteiger partial charge in [0.15, 0.2) is 28.8 Å². The quantitative estimate of drug-likeness (QED) is 0.456. The summed E-state index contributed by atoms with van der Waals surface area (Å²) in [5, 5.41) is 18.1. The van der Waals surface area contributed by atoms with Gasteiger partial charge in [-0.25, -0.2) is 4.39 Å². The molecule has 7 nitrogen and oxygen atoms in total. The number of methoxy groups -OCH3 is 1. The van der Waals surface area contributed by atoms with Crippen LogP contribution in [-0.2, 0) is 0 Å². The molecule has 0 spiro atoms. The zero-order valence-electron chi connectivity index (χ0n) is 16.0. The van der Waals surface area contributed by atoms with Crippen molar-refractivity contribution in [3.63, 3.8) is 0 Å². The smallest absolute Gasteiger partial charge is 0.175 e. The van der Waals surface area contributed by atoms with Crippen LogP contribution in [0.15, 0.2) is 36.5 Å². The number of nitrogens with one attached hydrogen (secondary N) is 1. The largest absolute Gasteiger partial charge is 0.493 e. The highest BCUT2D eigenvalue weighted by molar-refractivity contribution is 5.88. The summed E-state index contributed by atoms with van der Waals surface area (Å²) in [6.07, 6.45) is 1.93. The van der Waals surface area contributed by atoms with E-state index in [4.69, 9.17) is 19.3 Å². The minimum absolute atomic E-state index is 0.0320. The molecule has 4 rings (SSSR count). The third-order valence-electron chi connectivity index (χ3n) is 4.50. The van der Waals surface area contributed by atoms with Crippen molar-refractivity contribution in [1.29, 1.82) is 0 Å². The van der Waals surface area contributed by atoms with Crippen LogP contribution in [0, 0.1) is 12.7 Å². The number of ether oxygens (including phenoxy) is 3. The molecule has 0 unspecified atom stereocenters. The fourth-order valence-electron chi connectivity index (χ4n) is 3.13. The number of aliphatic hydroxyl groups is 1. The normalized spacial score (nSPS) is 11.2. The molecule has 0 fully saturated rings. The molecule has 150 valence electrons. The van der Waals surface area contributed by atoms with Gasteiger partial charge in [0.05, 0.1) is 25.3 Å². The lowest BCUT2D eigenvalue weighted by Gasteiger charge is -2.13. The van der Waals surface area contributed by atoms with E-state index in [1.807, 2.05) is 6.92 Å². The molecule has 0 radical (unpaired) electrons. The first-order valence-corrected chi connectivity index (χ1v) is 9.13. The predicted molar refractivity (Wildman–Crippen MR) is 106 cm³/mol. The van der Waals surface area contributed by atoms with E-state index in [1.165, 1.54) is 13.3 Å². The molecule has 0 aliphatic rings. The Morgan fingerprint density at radius 2 is 1.93 bits per heavy atom. The highest BCUT2D eigenvalue weighted by Crippen LogP contribution is 2.38. The van der Waals surface area contributed by atoms with Crippen LogP contribution in [0.4, 0.5) is 4.39 Å². The van der Waals surface area contributed by atoms with Crippen molar-refractivity contribution in [3.05, 3.63) is 48.0 Å². The first-order chi connectivity index (χ1) is 14.1.